The molecule has 0 unspecified atom stereocenters. The fourth-order valence-corrected chi connectivity index (χ4v) is 1.84. The molecule has 1 aliphatic carbocycles. The van der Waals surface area contributed by atoms with Crippen LogP contribution in [-0.2, 0) is 12.8 Å². The lowest BCUT2D eigenvalue weighted by Crippen LogP contribution is -2.02. The van der Waals surface area contributed by atoms with Gasteiger partial charge >= 0.3 is 0 Å². The van der Waals surface area contributed by atoms with Gasteiger partial charge in [-0.05, 0) is 48.9 Å². The first kappa shape index (κ1) is 7.66. The first-order valence-corrected chi connectivity index (χ1v) is 4.56. The van der Waals surface area contributed by atoms with Crippen LogP contribution in [-0.4, -0.2) is 7.11 Å². The van der Waals surface area contributed by atoms with E-state index in [9.17, 15) is 0 Å². The molecule has 1 aromatic carbocycles. The zero-order valence-electron chi connectivity index (χ0n) is 7.47. The van der Waals surface area contributed by atoms with Crippen molar-refractivity contribution in [1.29, 1.82) is 0 Å². The van der Waals surface area contributed by atoms with E-state index in [1.807, 2.05) is 0 Å². The molecule has 0 spiro atoms. The topological polar surface area (TPSA) is 9.23 Å². The summed E-state index contributed by atoms with van der Waals surface area (Å²) in [5, 5.41) is 0. The van der Waals surface area contributed by atoms with E-state index in [1.54, 1.807) is 7.11 Å². The molecule has 0 N–H and O–H groups in total. The van der Waals surface area contributed by atoms with Crippen molar-refractivity contribution in [1.82, 2.24) is 0 Å². The minimum Gasteiger partial charge on any atom is -0.497 e. The Hall–Kier alpha value is -0.980. The second kappa shape index (κ2) is 3.18. The lowest BCUT2D eigenvalue weighted by Gasteiger charge is -2.15. The van der Waals surface area contributed by atoms with Crippen LogP contribution in [0.1, 0.15) is 24.0 Å². The van der Waals surface area contributed by atoms with Crippen LogP contribution in [0, 0.1) is 0 Å². The molecule has 0 amide bonds. The monoisotopic (exact) mass is 162 g/mol. The van der Waals surface area contributed by atoms with Crippen LogP contribution in [0.4, 0.5) is 0 Å². The van der Waals surface area contributed by atoms with E-state index in [0.29, 0.717) is 0 Å². The maximum atomic E-state index is 5.18. The Morgan fingerprint density at radius 1 is 1.08 bits per heavy atom. The molecule has 12 heavy (non-hydrogen) atoms. The molecule has 1 aliphatic rings. The average Bonchev–Trinajstić information content (AvgIpc) is 2.17. The number of aryl methyl sites for hydroxylation is 2. The largest absolute Gasteiger partial charge is 0.497 e. The van der Waals surface area contributed by atoms with Gasteiger partial charge < -0.3 is 4.74 Å². The van der Waals surface area contributed by atoms with Crippen molar-refractivity contribution < 1.29 is 4.74 Å². The van der Waals surface area contributed by atoms with Crippen molar-refractivity contribution in [2.45, 2.75) is 25.7 Å². The lowest BCUT2D eigenvalue weighted by molar-refractivity contribution is 0.413. The molecular weight excluding hydrogens is 148 g/mol. The second-order valence-electron chi connectivity index (χ2n) is 3.34. The van der Waals surface area contributed by atoms with Crippen molar-refractivity contribution in [3.05, 3.63) is 29.3 Å². The molecular formula is C11H14O. The van der Waals surface area contributed by atoms with Crippen molar-refractivity contribution >= 4 is 0 Å². The van der Waals surface area contributed by atoms with Crippen LogP contribution < -0.4 is 4.74 Å². The quantitative estimate of drug-likeness (QED) is 0.616. The third-order valence-corrected chi connectivity index (χ3v) is 2.56. The number of benzene rings is 1. The van der Waals surface area contributed by atoms with Gasteiger partial charge in [-0.1, -0.05) is 6.07 Å². The van der Waals surface area contributed by atoms with Crippen LogP contribution in [0.15, 0.2) is 18.2 Å². The van der Waals surface area contributed by atoms with Gasteiger partial charge in [0.25, 0.3) is 0 Å². The van der Waals surface area contributed by atoms with Crippen LogP contribution in [0.25, 0.3) is 0 Å². The molecule has 0 aliphatic heterocycles. The predicted molar refractivity (Wildman–Crippen MR) is 49.6 cm³/mol. The SMILES string of the molecule is COc1ccc2c(c1)CCCC2. The Morgan fingerprint density at radius 3 is 2.58 bits per heavy atom. The minimum absolute atomic E-state index is 0.996. The van der Waals surface area contributed by atoms with Gasteiger partial charge in [0.2, 0.25) is 0 Å². The van der Waals surface area contributed by atoms with E-state index >= 15 is 0 Å². The molecule has 2 rings (SSSR count). The van der Waals surface area contributed by atoms with Gasteiger partial charge in [-0.3, -0.25) is 0 Å². The van der Waals surface area contributed by atoms with Gasteiger partial charge in [-0.15, -0.1) is 0 Å². The average molecular weight is 162 g/mol. The minimum atomic E-state index is 0.996. The predicted octanol–water partition coefficient (Wildman–Crippen LogP) is 2.57. The highest BCUT2D eigenvalue weighted by Gasteiger charge is 2.08. The van der Waals surface area contributed by atoms with Crippen LogP contribution >= 0.6 is 0 Å². The Balaban J connectivity index is 2.36. The van der Waals surface area contributed by atoms with E-state index in [0.717, 1.165) is 5.75 Å². The van der Waals surface area contributed by atoms with Gasteiger partial charge in [0, 0.05) is 0 Å². The molecule has 1 aromatic rings. The number of hydrogen-bond donors (Lipinski definition) is 0. The summed E-state index contributed by atoms with van der Waals surface area (Å²) in [6, 6.07) is 6.44. The number of hydrogen-bond acceptors (Lipinski definition) is 1. The zero-order valence-corrected chi connectivity index (χ0v) is 7.47. The number of rotatable bonds is 1. The molecule has 1 heteroatoms. The number of ether oxygens (including phenoxy) is 1. The molecule has 0 saturated carbocycles. The molecule has 0 bridgehead atoms. The summed E-state index contributed by atoms with van der Waals surface area (Å²) in [4.78, 5) is 0. The maximum absolute atomic E-state index is 5.18. The summed E-state index contributed by atoms with van der Waals surface area (Å²) in [5.41, 5.74) is 3.00. The first-order valence-electron chi connectivity index (χ1n) is 4.56. The fourth-order valence-electron chi connectivity index (χ4n) is 1.84. The molecule has 0 fully saturated rings. The third kappa shape index (κ3) is 1.31. The molecule has 0 saturated heterocycles. The highest BCUT2D eigenvalue weighted by atomic mass is 16.5. The smallest absolute Gasteiger partial charge is 0.119 e. The van der Waals surface area contributed by atoms with E-state index in [-0.39, 0.29) is 0 Å². The Kier molecular flexibility index (Phi) is 2.03. The molecule has 0 aromatic heterocycles. The van der Waals surface area contributed by atoms with E-state index in [2.05, 4.69) is 18.2 Å². The van der Waals surface area contributed by atoms with Crippen molar-refractivity contribution in [3.8, 4) is 5.75 Å². The summed E-state index contributed by atoms with van der Waals surface area (Å²) in [6.45, 7) is 0. The summed E-state index contributed by atoms with van der Waals surface area (Å²) < 4.78 is 5.18. The first-order chi connectivity index (χ1) is 5.90. The van der Waals surface area contributed by atoms with Crippen molar-refractivity contribution in [2.24, 2.45) is 0 Å². The van der Waals surface area contributed by atoms with Crippen LogP contribution in [0.5, 0.6) is 5.75 Å². The molecule has 1 nitrogen and oxygen atoms in total. The van der Waals surface area contributed by atoms with Crippen molar-refractivity contribution in [3.63, 3.8) is 0 Å². The molecule has 0 heterocycles. The van der Waals surface area contributed by atoms with E-state index < -0.39 is 0 Å². The molecule has 64 valence electrons. The van der Waals surface area contributed by atoms with Crippen molar-refractivity contribution in [2.75, 3.05) is 7.11 Å². The van der Waals surface area contributed by atoms with E-state index in [4.69, 9.17) is 4.74 Å². The Morgan fingerprint density at radius 2 is 1.83 bits per heavy atom. The Bertz CT molecular complexity index is 278. The standard InChI is InChI=1S/C11H14O/c1-12-11-7-6-9-4-2-3-5-10(9)8-11/h6-8H,2-5H2,1H3. The normalized spacial score (nSPS) is 15.4. The van der Waals surface area contributed by atoms with Gasteiger partial charge in [0.15, 0.2) is 0 Å². The van der Waals surface area contributed by atoms with Crippen LogP contribution in [0.2, 0.25) is 0 Å². The lowest BCUT2D eigenvalue weighted by atomic mass is 9.92. The third-order valence-electron chi connectivity index (χ3n) is 2.56. The maximum Gasteiger partial charge on any atom is 0.119 e. The summed E-state index contributed by atoms with van der Waals surface area (Å²) in [6.07, 6.45) is 5.16. The van der Waals surface area contributed by atoms with Gasteiger partial charge in [0.1, 0.15) is 5.75 Å². The second-order valence-corrected chi connectivity index (χ2v) is 3.34. The van der Waals surface area contributed by atoms with Crippen LogP contribution in [0.3, 0.4) is 0 Å². The summed E-state index contributed by atoms with van der Waals surface area (Å²) >= 11 is 0. The summed E-state index contributed by atoms with van der Waals surface area (Å²) in [7, 11) is 1.73. The number of methoxy groups -OCH3 is 1. The zero-order chi connectivity index (χ0) is 8.39. The molecule has 0 radical (unpaired) electrons. The van der Waals surface area contributed by atoms with E-state index in [1.165, 1.54) is 36.8 Å². The van der Waals surface area contributed by atoms with Gasteiger partial charge in [-0.2, -0.15) is 0 Å². The number of fused-ring (bicyclic) bond motifs is 1. The fraction of sp³-hybridized carbons (Fsp3) is 0.455. The molecule has 0 atom stereocenters. The highest BCUT2D eigenvalue weighted by molar-refractivity contribution is 5.36. The van der Waals surface area contributed by atoms with Gasteiger partial charge in [0.05, 0.1) is 7.11 Å². The highest BCUT2D eigenvalue weighted by Crippen LogP contribution is 2.24. The van der Waals surface area contributed by atoms with Gasteiger partial charge in [-0.25, -0.2) is 0 Å². The Labute approximate surface area is 73.4 Å². The summed E-state index contributed by atoms with van der Waals surface area (Å²) in [5.74, 6) is 0.996.